The van der Waals surface area contributed by atoms with Gasteiger partial charge in [-0.15, -0.1) is 6.42 Å². The fourth-order valence-corrected chi connectivity index (χ4v) is 2.55. The summed E-state index contributed by atoms with van der Waals surface area (Å²) < 4.78 is 4.54. The summed E-state index contributed by atoms with van der Waals surface area (Å²) in [7, 11) is 1.68. The molecule has 0 bridgehead atoms. The van der Waals surface area contributed by atoms with Crippen LogP contribution in [0.1, 0.15) is 42.5 Å². The lowest BCUT2D eigenvalue weighted by Crippen LogP contribution is -2.01. The van der Waals surface area contributed by atoms with Crippen molar-refractivity contribution in [2.24, 2.45) is 0 Å². The number of H-pyrrole nitrogens is 1. The molecule has 1 fully saturated rings. The van der Waals surface area contributed by atoms with Crippen molar-refractivity contribution in [3.63, 3.8) is 0 Å². The molecule has 0 unspecified atom stereocenters. The molecule has 0 atom stereocenters. The lowest BCUT2D eigenvalue weighted by molar-refractivity contribution is 0.215. The standard InChI is InChI=1S/C19H17N5.C3H8O/c1-3-13-11-20-18(15-6-4-12(2)5-7-15)22-19(13)21-17-10-16(23-24-17)14-8-9-14;1-3-4-2/h1,4-7,10-11,14H,8-9H2,2H3,(H2,20,21,22,23,24);3H2,1-2H3. The van der Waals surface area contributed by atoms with E-state index in [1.54, 1.807) is 13.3 Å². The second-order valence-electron chi connectivity index (χ2n) is 6.65. The van der Waals surface area contributed by atoms with Gasteiger partial charge in [0, 0.05) is 43.2 Å². The third-order valence-corrected chi connectivity index (χ3v) is 4.40. The van der Waals surface area contributed by atoms with Gasteiger partial charge in [0.2, 0.25) is 0 Å². The Hall–Kier alpha value is -3.17. The minimum absolute atomic E-state index is 0.594. The van der Waals surface area contributed by atoms with E-state index in [0.717, 1.165) is 23.7 Å². The summed E-state index contributed by atoms with van der Waals surface area (Å²) >= 11 is 0. The van der Waals surface area contributed by atoms with Gasteiger partial charge in [-0.1, -0.05) is 35.7 Å². The van der Waals surface area contributed by atoms with Crippen molar-refractivity contribution in [2.75, 3.05) is 19.0 Å². The number of terminal acetylenes is 1. The minimum Gasteiger partial charge on any atom is -0.385 e. The van der Waals surface area contributed by atoms with Crippen LogP contribution >= 0.6 is 0 Å². The SMILES string of the molecule is C#Cc1cnc(-c2ccc(C)cc2)nc1Nc1cc(C2CC2)[nH]n1.CCOC. The summed E-state index contributed by atoms with van der Waals surface area (Å²) in [5, 5.41) is 10.6. The summed E-state index contributed by atoms with van der Waals surface area (Å²) in [4.78, 5) is 8.96. The third-order valence-electron chi connectivity index (χ3n) is 4.40. The van der Waals surface area contributed by atoms with Gasteiger partial charge in [0.05, 0.1) is 5.56 Å². The molecular formula is C22H25N5O. The molecule has 2 N–H and O–H groups in total. The van der Waals surface area contributed by atoms with Crippen molar-refractivity contribution in [3.8, 4) is 23.7 Å². The molecule has 2 aromatic heterocycles. The number of aromatic amines is 1. The lowest BCUT2D eigenvalue weighted by Gasteiger charge is -2.07. The number of hydrogen-bond acceptors (Lipinski definition) is 5. The highest BCUT2D eigenvalue weighted by molar-refractivity contribution is 5.65. The summed E-state index contributed by atoms with van der Waals surface area (Å²) in [5.41, 5.74) is 3.92. The Labute approximate surface area is 165 Å². The Balaban J connectivity index is 0.000000516. The van der Waals surface area contributed by atoms with Gasteiger partial charge in [0.25, 0.3) is 0 Å². The van der Waals surface area contributed by atoms with Gasteiger partial charge in [0.15, 0.2) is 17.5 Å². The smallest absolute Gasteiger partial charge is 0.161 e. The van der Waals surface area contributed by atoms with Crippen LogP contribution in [0.5, 0.6) is 0 Å². The molecule has 4 rings (SSSR count). The second-order valence-corrected chi connectivity index (χ2v) is 6.65. The van der Waals surface area contributed by atoms with E-state index in [9.17, 15) is 0 Å². The average Bonchev–Trinajstić information content (AvgIpc) is 3.48. The molecule has 1 aromatic carbocycles. The van der Waals surface area contributed by atoms with Crippen LogP contribution in [0.4, 0.5) is 11.6 Å². The molecule has 0 amide bonds. The maximum atomic E-state index is 5.58. The number of anilines is 2. The zero-order valence-corrected chi connectivity index (χ0v) is 16.5. The first kappa shape index (κ1) is 19.6. The predicted molar refractivity (Wildman–Crippen MR) is 112 cm³/mol. The number of hydrogen-bond donors (Lipinski definition) is 2. The molecule has 3 aromatic rings. The largest absolute Gasteiger partial charge is 0.385 e. The average molecular weight is 375 g/mol. The van der Waals surface area contributed by atoms with Crippen LogP contribution in [-0.4, -0.2) is 33.9 Å². The molecule has 0 saturated heterocycles. The maximum Gasteiger partial charge on any atom is 0.161 e. The van der Waals surface area contributed by atoms with Gasteiger partial charge in [-0.05, 0) is 26.7 Å². The Morgan fingerprint density at radius 2 is 2.00 bits per heavy atom. The Bertz CT molecular complexity index is 950. The first-order valence-corrected chi connectivity index (χ1v) is 9.36. The summed E-state index contributed by atoms with van der Waals surface area (Å²) in [6.45, 7) is 4.83. The summed E-state index contributed by atoms with van der Waals surface area (Å²) in [5.74, 6) is 5.19. The van der Waals surface area contributed by atoms with Crippen LogP contribution < -0.4 is 5.32 Å². The molecule has 0 radical (unpaired) electrons. The molecule has 28 heavy (non-hydrogen) atoms. The predicted octanol–water partition coefficient (Wildman–Crippen LogP) is 4.43. The van der Waals surface area contributed by atoms with Crippen molar-refractivity contribution in [3.05, 3.63) is 53.3 Å². The molecule has 0 spiro atoms. The molecule has 1 saturated carbocycles. The summed E-state index contributed by atoms with van der Waals surface area (Å²) in [6, 6.07) is 10.1. The number of aromatic nitrogens is 4. The minimum atomic E-state index is 0.594. The van der Waals surface area contributed by atoms with E-state index in [1.807, 2.05) is 44.2 Å². The van der Waals surface area contributed by atoms with Crippen LogP contribution in [0.2, 0.25) is 0 Å². The highest BCUT2D eigenvalue weighted by Crippen LogP contribution is 2.39. The number of benzene rings is 1. The van der Waals surface area contributed by atoms with Crippen LogP contribution in [0.25, 0.3) is 11.4 Å². The lowest BCUT2D eigenvalue weighted by atomic mass is 10.1. The number of rotatable bonds is 5. The Morgan fingerprint density at radius 1 is 1.29 bits per heavy atom. The summed E-state index contributed by atoms with van der Waals surface area (Å²) in [6.07, 6.45) is 9.69. The van der Waals surface area contributed by atoms with E-state index < -0.39 is 0 Å². The number of methoxy groups -OCH3 is 1. The molecule has 144 valence electrons. The van der Waals surface area contributed by atoms with Crippen LogP contribution in [0.15, 0.2) is 36.5 Å². The fourth-order valence-electron chi connectivity index (χ4n) is 2.55. The van der Waals surface area contributed by atoms with Crippen LogP contribution in [-0.2, 0) is 4.74 Å². The zero-order chi connectivity index (χ0) is 19.9. The Morgan fingerprint density at radius 3 is 2.61 bits per heavy atom. The van der Waals surface area contributed by atoms with Crippen molar-refractivity contribution in [2.45, 2.75) is 32.6 Å². The van der Waals surface area contributed by atoms with Gasteiger partial charge in [0.1, 0.15) is 0 Å². The van der Waals surface area contributed by atoms with E-state index >= 15 is 0 Å². The first-order chi connectivity index (χ1) is 13.6. The van der Waals surface area contributed by atoms with Gasteiger partial charge in [-0.2, -0.15) is 5.10 Å². The number of ether oxygens (including phenoxy) is 1. The fraction of sp³-hybridized carbons (Fsp3) is 0.318. The van der Waals surface area contributed by atoms with Gasteiger partial charge >= 0.3 is 0 Å². The molecule has 2 heterocycles. The van der Waals surface area contributed by atoms with Crippen molar-refractivity contribution < 1.29 is 4.74 Å². The molecule has 6 heteroatoms. The Kier molecular flexibility index (Phi) is 6.41. The molecule has 6 nitrogen and oxygen atoms in total. The van der Waals surface area contributed by atoms with E-state index in [-0.39, 0.29) is 0 Å². The quantitative estimate of drug-likeness (QED) is 0.645. The second kappa shape index (κ2) is 9.16. The van der Waals surface area contributed by atoms with Gasteiger partial charge in [-0.3, -0.25) is 5.10 Å². The number of nitrogens with zero attached hydrogens (tertiary/aromatic N) is 3. The normalized spacial score (nSPS) is 12.6. The first-order valence-electron chi connectivity index (χ1n) is 9.36. The maximum absolute atomic E-state index is 5.58. The van der Waals surface area contributed by atoms with E-state index in [0.29, 0.717) is 23.1 Å². The van der Waals surface area contributed by atoms with Crippen molar-refractivity contribution in [1.82, 2.24) is 20.2 Å². The molecular weight excluding hydrogens is 350 g/mol. The topological polar surface area (TPSA) is 75.7 Å². The van der Waals surface area contributed by atoms with Gasteiger partial charge < -0.3 is 10.1 Å². The molecule has 1 aliphatic carbocycles. The highest BCUT2D eigenvalue weighted by atomic mass is 16.5. The highest BCUT2D eigenvalue weighted by Gasteiger charge is 2.25. The van der Waals surface area contributed by atoms with E-state index in [1.165, 1.54) is 18.4 Å². The van der Waals surface area contributed by atoms with E-state index in [2.05, 4.69) is 36.1 Å². The van der Waals surface area contributed by atoms with Crippen LogP contribution in [0.3, 0.4) is 0 Å². The van der Waals surface area contributed by atoms with Crippen molar-refractivity contribution in [1.29, 1.82) is 0 Å². The zero-order valence-electron chi connectivity index (χ0n) is 16.5. The van der Waals surface area contributed by atoms with Crippen molar-refractivity contribution >= 4 is 11.6 Å². The molecule has 1 aliphatic rings. The third kappa shape index (κ3) is 4.96. The van der Waals surface area contributed by atoms with E-state index in [4.69, 9.17) is 6.42 Å². The van der Waals surface area contributed by atoms with Gasteiger partial charge in [-0.25, -0.2) is 9.97 Å². The van der Waals surface area contributed by atoms with Crippen LogP contribution in [0, 0.1) is 19.3 Å². The molecule has 0 aliphatic heterocycles. The monoisotopic (exact) mass is 375 g/mol. The number of aryl methyl sites for hydroxylation is 1. The number of nitrogens with one attached hydrogen (secondary N) is 2.